The first-order valence-electron chi connectivity index (χ1n) is 8.25. The molecule has 1 N–H and O–H groups in total. The first-order valence-corrected chi connectivity index (χ1v) is 8.25. The number of aromatic nitrogens is 1. The Morgan fingerprint density at radius 3 is 2.52 bits per heavy atom. The van der Waals surface area contributed by atoms with E-state index in [9.17, 15) is 5.11 Å². The summed E-state index contributed by atoms with van der Waals surface area (Å²) < 4.78 is 11.2. The van der Waals surface area contributed by atoms with E-state index in [4.69, 9.17) is 14.4 Å². The Morgan fingerprint density at radius 2 is 1.74 bits per heavy atom. The van der Waals surface area contributed by atoms with Crippen LogP contribution in [0.2, 0.25) is 0 Å². The summed E-state index contributed by atoms with van der Waals surface area (Å²) in [5.41, 5.74) is 2.85. The van der Waals surface area contributed by atoms with Gasteiger partial charge in [-0.05, 0) is 48.5 Å². The summed E-state index contributed by atoms with van der Waals surface area (Å²) in [6.45, 7) is 0. The molecular weight excluding hydrogens is 340 g/mol. The average molecular weight is 354 g/mol. The van der Waals surface area contributed by atoms with Crippen molar-refractivity contribution in [3.05, 3.63) is 84.6 Å². The zero-order chi connectivity index (χ0) is 18.6. The van der Waals surface area contributed by atoms with E-state index in [1.165, 1.54) is 0 Å². The van der Waals surface area contributed by atoms with Gasteiger partial charge in [0.1, 0.15) is 17.7 Å². The van der Waals surface area contributed by atoms with E-state index in [0.29, 0.717) is 28.6 Å². The van der Waals surface area contributed by atoms with Crippen molar-refractivity contribution >= 4 is 0 Å². The fourth-order valence-corrected chi connectivity index (χ4v) is 2.62. The normalized spacial score (nSPS) is 10.3. The number of para-hydroxylation sites is 2. The molecule has 0 radical (unpaired) electrons. The second-order valence-corrected chi connectivity index (χ2v) is 5.82. The van der Waals surface area contributed by atoms with Crippen LogP contribution >= 0.6 is 0 Å². The van der Waals surface area contributed by atoms with E-state index < -0.39 is 0 Å². The van der Waals surface area contributed by atoms with Crippen LogP contribution in [0.25, 0.3) is 22.7 Å². The van der Waals surface area contributed by atoms with Crippen molar-refractivity contribution in [3.63, 3.8) is 0 Å². The number of nitrogens with zero attached hydrogens (tertiary/aromatic N) is 2. The number of phenolic OH excluding ortho intramolecular Hbond substituents is 1. The van der Waals surface area contributed by atoms with E-state index in [0.717, 1.165) is 11.1 Å². The Balaban J connectivity index is 1.55. The standard InChI is InChI=1S/C22H14N2O3/c23-13-15-4-3-5-17(12-15)19-14-26-22(24-19)16-8-10-18(11-9-16)27-21-7-2-1-6-20(21)25/h1-12,14,25H. The van der Waals surface area contributed by atoms with Crippen molar-refractivity contribution in [1.29, 1.82) is 5.26 Å². The Labute approximate surface area is 155 Å². The molecule has 0 aliphatic rings. The lowest BCUT2D eigenvalue weighted by atomic mass is 10.1. The number of hydrogen-bond donors (Lipinski definition) is 1. The van der Waals surface area contributed by atoms with Crippen LogP contribution in [0.3, 0.4) is 0 Å². The number of phenols is 1. The lowest BCUT2D eigenvalue weighted by Gasteiger charge is -2.07. The third kappa shape index (κ3) is 3.51. The number of nitriles is 1. The van der Waals surface area contributed by atoms with Crippen LogP contribution in [0.4, 0.5) is 0 Å². The van der Waals surface area contributed by atoms with Crippen LogP contribution in [0.15, 0.2) is 83.5 Å². The Kier molecular flexibility index (Phi) is 4.30. The smallest absolute Gasteiger partial charge is 0.226 e. The SMILES string of the molecule is N#Cc1cccc(-c2coc(-c3ccc(Oc4ccccc4O)cc3)n2)c1. The Hall–Kier alpha value is -4.04. The summed E-state index contributed by atoms with van der Waals surface area (Å²) in [6.07, 6.45) is 1.57. The summed E-state index contributed by atoms with van der Waals surface area (Å²) >= 11 is 0. The van der Waals surface area contributed by atoms with E-state index in [2.05, 4.69) is 11.1 Å². The van der Waals surface area contributed by atoms with Crippen LogP contribution in [-0.4, -0.2) is 10.1 Å². The molecular formula is C22H14N2O3. The number of rotatable bonds is 4. The van der Waals surface area contributed by atoms with Crippen LogP contribution in [0, 0.1) is 11.3 Å². The van der Waals surface area contributed by atoms with Gasteiger partial charge < -0.3 is 14.3 Å². The third-order valence-electron chi connectivity index (χ3n) is 3.99. The van der Waals surface area contributed by atoms with E-state index in [1.807, 2.05) is 24.3 Å². The van der Waals surface area contributed by atoms with Crippen LogP contribution < -0.4 is 4.74 Å². The molecule has 130 valence electrons. The predicted molar refractivity (Wildman–Crippen MR) is 100 cm³/mol. The predicted octanol–water partition coefficient (Wildman–Crippen LogP) is 5.38. The highest BCUT2D eigenvalue weighted by molar-refractivity contribution is 5.64. The fraction of sp³-hybridized carbons (Fsp3) is 0. The summed E-state index contributed by atoms with van der Waals surface area (Å²) in [7, 11) is 0. The molecule has 0 atom stereocenters. The molecule has 0 aliphatic carbocycles. The molecule has 0 saturated heterocycles. The van der Waals surface area contributed by atoms with E-state index >= 15 is 0 Å². The zero-order valence-electron chi connectivity index (χ0n) is 14.2. The molecule has 0 spiro atoms. The minimum absolute atomic E-state index is 0.0820. The fourth-order valence-electron chi connectivity index (χ4n) is 2.62. The maximum Gasteiger partial charge on any atom is 0.226 e. The second kappa shape index (κ2) is 7.06. The highest BCUT2D eigenvalue weighted by Crippen LogP contribution is 2.31. The molecule has 3 aromatic carbocycles. The maximum absolute atomic E-state index is 9.78. The van der Waals surface area contributed by atoms with Gasteiger partial charge in [0.05, 0.1) is 11.6 Å². The lowest BCUT2D eigenvalue weighted by Crippen LogP contribution is -1.85. The zero-order valence-corrected chi connectivity index (χ0v) is 14.2. The molecule has 0 bridgehead atoms. The third-order valence-corrected chi connectivity index (χ3v) is 3.99. The first-order chi connectivity index (χ1) is 13.2. The summed E-state index contributed by atoms with van der Waals surface area (Å²) in [6, 6.07) is 23.3. The topological polar surface area (TPSA) is 79.3 Å². The molecule has 27 heavy (non-hydrogen) atoms. The summed E-state index contributed by atoms with van der Waals surface area (Å²) in [4.78, 5) is 4.50. The van der Waals surface area contributed by atoms with Gasteiger partial charge in [-0.1, -0.05) is 24.3 Å². The molecule has 0 unspecified atom stereocenters. The maximum atomic E-state index is 9.78. The number of hydrogen-bond acceptors (Lipinski definition) is 5. The molecule has 0 fully saturated rings. The van der Waals surface area contributed by atoms with Crippen LogP contribution in [0.1, 0.15) is 5.56 Å². The van der Waals surface area contributed by atoms with Crippen molar-refractivity contribution < 1.29 is 14.3 Å². The van der Waals surface area contributed by atoms with Crippen molar-refractivity contribution in [2.24, 2.45) is 0 Å². The first kappa shape index (κ1) is 16.4. The number of ether oxygens (including phenoxy) is 1. The van der Waals surface area contributed by atoms with Crippen molar-refractivity contribution in [3.8, 4) is 46.0 Å². The molecule has 0 saturated carbocycles. The van der Waals surface area contributed by atoms with Crippen molar-refractivity contribution in [1.82, 2.24) is 4.98 Å². The Morgan fingerprint density at radius 1 is 0.926 bits per heavy atom. The van der Waals surface area contributed by atoms with Gasteiger partial charge in [0, 0.05) is 11.1 Å². The largest absolute Gasteiger partial charge is 0.504 e. The van der Waals surface area contributed by atoms with Gasteiger partial charge in [-0.15, -0.1) is 0 Å². The van der Waals surface area contributed by atoms with E-state index in [1.54, 1.807) is 54.8 Å². The summed E-state index contributed by atoms with van der Waals surface area (Å²) in [5.74, 6) is 1.54. The second-order valence-electron chi connectivity index (χ2n) is 5.82. The molecule has 0 amide bonds. The van der Waals surface area contributed by atoms with E-state index in [-0.39, 0.29) is 5.75 Å². The molecule has 1 aromatic heterocycles. The lowest BCUT2D eigenvalue weighted by molar-refractivity contribution is 0.411. The van der Waals surface area contributed by atoms with Crippen molar-refractivity contribution in [2.75, 3.05) is 0 Å². The van der Waals surface area contributed by atoms with Gasteiger partial charge in [0.25, 0.3) is 0 Å². The van der Waals surface area contributed by atoms with Crippen molar-refractivity contribution in [2.45, 2.75) is 0 Å². The highest BCUT2D eigenvalue weighted by Gasteiger charge is 2.10. The average Bonchev–Trinajstić information content (AvgIpc) is 3.21. The minimum Gasteiger partial charge on any atom is -0.504 e. The number of aromatic hydroxyl groups is 1. The molecule has 5 heteroatoms. The number of oxazole rings is 1. The monoisotopic (exact) mass is 354 g/mol. The quantitative estimate of drug-likeness (QED) is 0.532. The Bertz CT molecular complexity index is 1120. The van der Waals surface area contributed by atoms with Gasteiger partial charge in [0.15, 0.2) is 11.5 Å². The summed E-state index contributed by atoms with van der Waals surface area (Å²) in [5, 5.41) is 18.8. The minimum atomic E-state index is 0.0820. The van der Waals surface area contributed by atoms with Crippen LogP contribution in [-0.2, 0) is 0 Å². The van der Waals surface area contributed by atoms with Gasteiger partial charge in [-0.25, -0.2) is 4.98 Å². The number of benzene rings is 3. The van der Waals surface area contributed by atoms with Crippen LogP contribution in [0.5, 0.6) is 17.2 Å². The van der Waals surface area contributed by atoms with Gasteiger partial charge in [-0.2, -0.15) is 5.26 Å². The van der Waals surface area contributed by atoms with Gasteiger partial charge >= 0.3 is 0 Å². The highest BCUT2D eigenvalue weighted by atomic mass is 16.5. The molecule has 0 aliphatic heterocycles. The van der Waals surface area contributed by atoms with Gasteiger partial charge in [-0.3, -0.25) is 0 Å². The molecule has 4 aromatic rings. The molecule has 1 heterocycles. The molecule has 4 rings (SSSR count). The van der Waals surface area contributed by atoms with Gasteiger partial charge in [0.2, 0.25) is 5.89 Å². The molecule has 5 nitrogen and oxygen atoms in total.